The van der Waals surface area contributed by atoms with Gasteiger partial charge in [0.15, 0.2) is 5.82 Å². The first-order valence-electron chi connectivity index (χ1n) is 5.34. The Morgan fingerprint density at radius 1 is 0.882 bits per heavy atom. The molecule has 0 bridgehead atoms. The number of aromatic nitrogens is 2. The van der Waals surface area contributed by atoms with E-state index in [9.17, 15) is 0 Å². The van der Waals surface area contributed by atoms with Gasteiger partial charge in [-0.3, -0.25) is 0 Å². The maximum Gasteiger partial charge on any atom is 0.150 e. The molecular weight excluding hydrogens is 210 g/mol. The molecule has 84 valence electrons. The Morgan fingerprint density at radius 2 is 1.65 bits per heavy atom. The largest absolute Gasteiger partial charge is 0.361 e. The SMILES string of the molecule is CN(C)c1ccc(C#Cc2ccccc2)nn1. The summed E-state index contributed by atoms with van der Waals surface area (Å²) in [5.41, 5.74) is 1.66. The van der Waals surface area contributed by atoms with Crippen molar-refractivity contribution in [1.29, 1.82) is 0 Å². The lowest BCUT2D eigenvalue weighted by Crippen LogP contribution is -2.11. The first kappa shape index (κ1) is 11.2. The van der Waals surface area contributed by atoms with Crippen molar-refractivity contribution in [2.24, 2.45) is 0 Å². The highest BCUT2D eigenvalue weighted by molar-refractivity contribution is 5.42. The summed E-state index contributed by atoms with van der Waals surface area (Å²) in [7, 11) is 3.86. The third-order valence-corrected chi connectivity index (χ3v) is 2.22. The molecule has 0 amide bonds. The van der Waals surface area contributed by atoms with Crippen LogP contribution in [0.25, 0.3) is 0 Å². The molecule has 0 aliphatic heterocycles. The summed E-state index contributed by atoms with van der Waals surface area (Å²) < 4.78 is 0. The van der Waals surface area contributed by atoms with E-state index in [1.807, 2.05) is 61.5 Å². The van der Waals surface area contributed by atoms with Gasteiger partial charge in [-0.15, -0.1) is 10.2 Å². The van der Waals surface area contributed by atoms with E-state index in [4.69, 9.17) is 0 Å². The first-order chi connectivity index (χ1) is 8.25. The molecule has 0 atom stereocenters. The highest BCUT2D eigenvalue weighted by atomic mass is 15.2. The molecule has 0 N–H and O–H groups in total. The van der Waals surface area contributed by atoms with E-state index in [-0.39, 0.29) is 0 Å². The average molecular weight is 223 g/mol. The second kappa shape index (κ2) is 5.13. The van der Waals surface area contributed by atoms with Crippen LogP contribution in [-0.2, 0) is 0 Å². The van der Waals surface area contributed by atoms with Crippen LogP contribution in [0.2, 0.25) is 0 Å². The number of hydrogen-bond donors (Lipinski definition) is 0. The summed E-state index contributed by atoms with van der Waals surface area (Å²) in [6, 6.07) is 13.6. The van der Waals surface area contributed by atoms with Gasteiger partial charge in [0.25, 0.3) is 0 Å². The van der Waals surface area contributed by atoms with Crippen LogP contribution in [0.4, 0.5) is 5.82 Å². The van der Waals surface area contributed by atoms with Crippen molar-refractivity contribution >= 4 is 5.82 Å². The zero-order chi connectivity index (χ0) is 12.1. The van der Waals surface area contributed by atoms with E-state index >= 15 is 0 Å². The van der Waals surface area contributed by atoms with E-state index in [2.05, 4.69) is 22.0 Å². The van der Waals surface area contributed by atoms with Gasteiger partial charge < -0.3 is 4.90 Å². The predicted octanol–water partition coefficient (Wildman–Crippen LogP) is 1.94. The van der Waals surface area contributed by atoms with Crippen molar-refractivity contribution in [2.45, 2.75) is 0 Å². The summed E-state index contributed by atoms with van der Waals surface area (Å²) in [5.74, 6) is 6.86. The Bertz CT molecular complexity index is 533. The van der Waals surface area contributed by atoms with Crippen molar-refractivity contribution in [3.8, 4) is 11.8 Å². The normalized spacial score (nSPS) is 9.29. The number of benzene rings is 1. The van der Waals surface area contributed by atoms with Crippen molar-refractivity contribution < 1.29 is 0 Å². The minimum absolute atomic E-state index is 0.680. The molecule has 0 unspecified atom stereocenters. The van der Waals surface area contributed by atoms with Gasteiger partial charge >= 0.3 is 0 Å². The summed E-state index contributed by atoms with van der Waals surface area (Å²) in [6.07, 6.45) is 0. The number of anilines is 1. The fraction of sp³-hybridized carbons (Fsp3) is 0.143. The fourth-order valence-corrected chi connectivity index (χ4v) is 1.29. The summed E-state index contributed by atoms with van der Waals surface area (Å²) in [5, 5.41) is 8.11. The zero-order valence-corrected chi connectivity index (χ0v) is 9.88. The fourth-order valence-electron chi connectivity index (χ4n) is 1.29. The Morgan fingerprint density at radius 3 is 2.24 bits per heavy atom. The molecule has 3 nitrogen and oxygen atoms in total. The van der Waals surface area contributed by atoms with Crippen LogP contribution in [0, 0.1) is 11.8 Å². The minimum atomic E-state index is 0.680. The van der Waals surface area contributed by atoms with Crippen LogP contribution in [0.15, 0.2) is 42.5 Å². The molecule has 0 saturated carbocycles. The standard InChI is InChI=1S/C14H13N3/c1-17(2)14-11-10-13(15-16-14)9-8-12-6-4-3-5-7-12/h3-7,10-11H,1-2H3. The van der Waals surface area contributed by atoms with Crippen LogP contribution in [0.1, 0.15) is 11.3 Å². The van der Waals surface area contributed by atoms with Gasteiger partial charge in [0, 0.05) is 19.7 Å². The molecule has 2 aromatic rings. The number of hydrogen-bond acceptors (Lipinski definition) is 3. The zero-order valence-electron chi connectivity index (χ0n) is 9.88. The van der Waals surface area contributed by atoms with E-state index in [0.29, 0.717) is 5.69 Å². The topological polar surface area (TPSA) is 29.0 Å². The molecule has 17 heavy (non-hydrogen) atoms. The predicted molar refractivity (Wildman–Crippen MR) is 68.8 cm³/mol. The second-order valence-electron chi connectivity index (χ2n) is 3.79. The van der Waals surface area contributed by atoms with E-state index in [1.54, 1.807) is 0 Å². The highest BCUT2D eigenvalue weighted by Gasteiger charge is 1.96. The maximum absolute atomic E-state index is 4.06. The molecule has 0 saturated heterocycles. The summed E-state index contributed by atoms with van der Waals surface area (Å²) in [6.45, 7) is 0. The van der Waals surface area contributed by atoms with Gasteiger partial charge in [-0.25, -0.2) is 0 Å². The Labute approximate surface area is 101 Å². The highest BCUT2D eigenvalue weighted by Crippen LogP contribution is 2.04. The summed E-state index contributed by atoms with van der Waals surface area (Å²) >= 11 is 0. The summed E-state index contributed by atoms with van der Waals surface area (Å²) in [4.78, 5) is 1.90. The molecule has 0 spiro atoms. The van der Waals surface area contributed by atoms with Gasteiger partial charge in [-0.1, -0.05) is 24.1 Å². The first-order valence-corrected chi connectivity index (χ1v) is 5.34. The lowest BCUT2D eigenvalue weighted by molar-refractivity contribution is 0.954. The van der Waals surface area contributed by atoms with Gasteiger partial charge in [0.1, 0.15) is 5.69 Å². The van der Waals surface area contributed by atoms with E-state index < -0.39 is 0 Å². The molecule has 0 fully saturated rings. The monoisotopic (exact) mass is 223 g/mol. The van der Waals surface area contributed by atoms with Gasteiger partial charge in [0.05, 0.1) is 0 Å². The van der Waals surface area contributed by atoms with Gasteiger partial charge in [-0.2, -0.15) is 0 Å². The smallest absolute Gasteiger partial charge is 0.150 e. The molecule has 0 radical (unpaired) electrons. The van der Waals surface area contributed by atoms with E-state index in [1.165, 1.54) is 0 Å². The molecule has 1 aromatic carbocycles. The molecular formula is C14H13N3. The van der Waals surface area contributed by atoms with Crippen molar-refractivity contribution in [1.82, 2.24) is 10.2 Å². The number of rotatable bonds is 1. The Balaban J connectivity index is 2.17. The Hall–Kier alpha value is -2.34. The third-order valence-electron chi connectivity index (χ3n) is 2.22. The van der Waals surface area contributed by atoms with Crippen molar-refractivity contribution in [2.75, 3.05) is 19.0 Å². The molecule has 1 heterocycles. The van der Waals surface area contributed by atoms with Crippen molar-refractivity contribution in [3.05, 3.63) is 53.7 Å². The molecule has 0 aliphatic rings. The lowest BCUT2D eigenvalue weighted by Gasteiger charge is -2.08. The van der Waals surface area contributed by atoms with Gasteiger partial charge in [0.2, 0.25) is 0 Å². The third kappa shape index (κ3) is 3.05. The molecule has 2 rings (SSSR count). The van der Waals surface area contributed by atoms with Gasteiger partial charge in [-0.05, 0) is 30.2 Å². The number of nitrogens with zero attached hydrogens (tertiary/aromatic N) is 3. The van der Waals surface area contributed by atoms with Crippen LogP contribution < -0.4 is 4.90 Å². The maximum atomic E-state index is 4.06. The molecule has 0 aliphatic carbocycles. The van der Waals surface area contributed by atoms with Crippen LogP contribution in [0.3, 0.4) is 0 Å². The van der Waals surface area contributed by atoms with E-state index in [0.717, 1.165) is 11.4 Å². The average Bonchev–Trinajstić information content (AvgIpc) is 2.38. The van der Waals surface area contributed by atoms with Crippen molar-refractivity contribution in [3.63, 3.8) is 0 Å². The lowest BCUT2D eigenvalue weighted by atomic mass is 10.2. The van der Waals surface area contributed by atoms with Crippen LogP contribution >= 0.6 is 0 Å². The quantitative estimate of drug-likeness (QED) is 0.692. The minimum Gasteiger partial charge on any atom is -0.361 e. The molecule has 3 heteroatoms. The molecule has 1 aromatic heterocycles. The van der Waals surface area contributed by atoms with Crippen LogP contribution in [-0.4, -0.2) is 24.3 Å². The second-order valence-corrected chi connectivity index (χ2v) is 3.79. The van der Waals surface area contributed by atoms with Crippen LogP contribution in [0.5, 0.6) is 0 Å². The Kier molecular flexibility index (Phi) is 3.37.